The Kier molecular flexibility index (Phi) is 3.87. The van der Waals surface area contributed by atoms with Crippen molar-refractivity contribution in [2.24, 2.45) is 0 Å². The molecular formula is C14H21N3O. The first-order valence-electron chi connectivity index (χ1n) is 6.36. The fraction of sp³-hybridized carbons (Fsp3) is 0.500. The van der Waals surface area contributed by atoms with Crippen LogP contribution in [0.3, 0.4) is 0 Å². The molecule has 2 rings (SSSR count). The van der Waals surface area contributed by atoms with Crippen molar-refractivity contribution in [3.8, 4) is 0 Å². The molecule has 2 N–H and O–H groups in total. The third-order valence-corrected chi connectivity index (χ3v) is 3.54. The smallest absolute Gasteiger partial charge is 0.242 e. The monoisotopic (exact) mass is 247 g/mol. The largest absolute Gasteiger partial charge is 0.373 e. The summed E-state index contributed by atoms with van der Waals surface area (Å²) in [5, 5.41) is 6.26. The van der Waals surface area contributed by atoms with Crippen LogP contribution >= 0.6 is 0 Å². The Balaban J connectivity index is 1.86. The van der Waals surface area contributed by atoms with E-state index < -0.39 is 0 Å². The van der Waals surface area contributed by atoms with E-state index in [-0.39, 0.29) is 11.9 Å². The number of nitrogens with zero attached hydrogens (tertiary/aromatic N) is 1. The van der Waals surface area contributed by atoms with Gasteiger partial charge in [0.25, 0.3) is 0 Å². The summed E-state index contributed by atoms with van der Waals surface area (Å²) in [4.78, 5) is 14.1. The number of hydrogen-bond acceptors (Lipinski definition) is 3. The molecule has 98 valence electrons. The van der Waals surface area contributed by atoms with Crippen LogP contribution in [-0.2, 0) is 11.2 Å². The number of nitrogens with one attached hydrogen (secondary N) is 2. The minimum atomic E-state index is -0.128. The molecule has 1 aliphatic rings. The second-order valence-electron chi connectivity index (χ2n) is 5.12. The summed E-state index contributed by atoms with van der Waals surface area (Å²) in [7, 11) is 4.03. The molecule has 1 unspecified atom stereocenters. The van der Waals surface area contributed by atoms with E-state index in [1.54, 1.807) is 0 Å². The Morgan fingerprint density at radius 2 is 2.22 bits per heavy atom. The van der Waals surface area contributed by atoms with E-state index in [1.807, 2.05) is 32.3 Å². The van der Waals surface area contributed by atoms with Crippen LogP contribution in [0.4, 0.5) is 5.69 Å². The molecular weight excluding hydrogens is 226 g/mol. The fourth-order valence-corrected chi connectivity index (χ4v) is 2.01. The highest BCUT2D eigenvalue weighted by Gasteiger charge is 2.26. The van der Waals surface area contributed by atoms with Gasteiger partial charge in [0.2, 0.25) is 5.91 Å². The summed E-state index contributed by atoms with van der Waals surface area (Å²) in [6, 6.07) is 8.30. The summed E-state index contributed by atoms with van der Waals surface area (Å²) >= 11 is 0. The zero-order chi connectivity index (χ0) is 13.1. The lowest BCUT2D eigenvalue weighted by Gasteiger charge is -2.21. The number of rotatable bonds is 4. The van der Waals surface area contributed by atoms with Crippen molar-refractivity contribution in [2.75, 3.05) is 26.0 Å². The molecule has 0 aromatic heterocycles. The number of benzene rings is 1. The van der Waals surface area contributed by atoms with Crippen molar-refractivity contribution in [1.82, 2.24) is 10.2 Å². The van der Waals surface area contributed by atoms with Crippen molar-refractivity contribution in [3.63, 3.8) is 0 Å². The Morgan fingerprint density at radius 3 is 2.89 bits per heavy atom. The molecule has 0 radical (unpaired) electrons. The molecule has 4 heteroatoms. The average molecular weight is 247 g/mol. The zero-order valence-corrected chi connectivity index (χ0v) is 11.2. The summed E-state index contributed by atoms with van der Waals surface area (Å²) in [6.07, 6.45) is 0.776. The van der Waals surface area contributed by atoms with E-state index >= 15 is 0 Å². The fourth-order valence-electron chi connectivity index (χ4n) is 2.01. The minimum Gasteiger partial charge on any atom is -0.373 e. The van der Waals surface area contributed by atoms with Gasteiger partial charge in [0.05, 0.1) is 0 Å². The lowest BCUT2D eigenvalue weighted by molar-refractivity contribution is -0.121. The minimum absolute atomic E-state index is 0.0832. The molecule has 0 spiro atoms. The molecule has 18 heavy (non-hydrogen) atoms. The van der Waals surface area contributed by atoms with Gasteiger partial charge in [-0.15, -0.1) is 0 Å². The topological polar surface area (TPSA) is 44.4 Å². The van der Waals surface area contributed by atoms with E-state index in [2.05, 4.69) is 28.5 Å². The van der Waals surface area contributed by atoms with Gasteiger partial charge in [-0.2, -0.15) is 0 Å². The van der Waals surface area contributed by atoms with Crippen LogP contribution in [0.25, 0.3) is 0 Å². The number of likely N-dealkylation sites (N-methyl/N-ethyl adjacent to an activating group) is 1. The second-order valence-corrected chi connectivity index (χ2v) is 5.12. The third kappa shape index (κ3) is 2.82. The number of para-hydroxylation sites is 1. The lowest BCUT2D eigenvalue weighted by atomic mass is 10.1. The van der Waals surface area contributed by atoms with Crippen molar-refractivity contribution >= 4 is 11.6 Å². The van der Waals surface area contributed by atoms with Crippen LogP contribution in [0.2, 0.25) is 0 Å². The van der Waals surface area contributed by atoms with Crippen LogP contribution in [0.15, 0.2) is 24.3 Å². The molecule has 0 bridgehead atoms. The highest BCUT2D eigenvalue weighted by atomic mass is 16.2. The third-order valence-electron chi connectivity index (χ3n) is 3.54. The maximum Gasteiger partial charge on any atom is 0.242 e. The van der Waals surface area contributed by atoms with Gasteiger partial charge >= 0.3 is 0 Å². The van der Waals surface area contributed by atoms with E-state index in [4.69, 9.17) is 0 Å². The van der Waals surface area contributed by atoms with Gasteiger partial charge in [-0.05, 0) is 32.6 Å². The molecule has 1 aliphatic heterocycles. The Morgan fingerprint density at radius 1 is 1.50 bits per heavy atom. The second kappa shape index (κ2) is 5.40. The molecule has 0 saturated heterocycles. The predicted octanol–water partition coefficient (Wildman–Crippen LogP) is 1.09. The SMILES string of the molecule is CC(CNC(=O)[C@@H]1Cc2ccccc2N1)N(C)C. The lowest BCUT2D eigenvalue weighted by Crippen LogP contribution is -2.44. The Bertz CT molecular complexity index is 406. The van der Waals surface area contributed by atoms with E-state index in [1.165, 1.54) is 5.56 Å². The van der Waals surface area contributed by atoms with Gasteiger partial charge in [0.1, 0.15) is 6.04 Å². The van der Waals surface area contributed by atoms with Gasteiger partial charge in [0, 0.05) is 24.7 Å². The quantitative estimate of drug-likeness (QED) is 0.837. The molecule has 1 aromatic rings. The average Bonchev–Trinajstić information content (AvgIpc) is 2.79. The zero-order valence-electron chi connectivity index (χ0n) is 11.2. The summed E-state index contributed by atoms with van der Waals surface area (Å²) < 4.78 is 0. The number of carbonyl (C=O) groups is 1. The Labute approximate surface area is 108 Å². The van der Waals surface area contributed by atoms with E-state index in [9.17, 15) is 4.79 Å². The molecule has 1 heterocycles. The normalized spacial score (nSPS) is 19.2. The van der Waals surface area contributed by atoms with Crippen molar-refractivity contribution in [1.29, 1.82) is 0 Å². The van der Waals surface area contributed by atoms with Gasteiger partial charge in [-0.25, -0.2) is 0 Å². The van der Waals surface area contributed by atoms with Crippen LogP contribution < -0.4 is 10.6 Å². The molecule has 1 amide bonds. The van der Waals surface area contributed by atoms with Crippen LogP contribution in [0, 0.1) is 0 Å². The molecule has 0 aliphatic carbocycles. The standard InChI is InChI=1S/C14H21N3O/c1-10(17(2)3)9-15-14(18)13-8-11-6-4-5-7-12(11)16-13/h4-7,10,13,16H,8-9H2,1-3H3,(H,15,18)/t10?,13-/m0/s1. The molecule has 0 fully saturated rings. The molecule has 2 atom stereocenters. The van der Waals surface area contributed by atoms with Crippen molar-refractivity contribution < 1.29 is 4.79 Å². The first-order valence-corrected chi connectivity index (χ1v) is 6.36. The summed E-state index contributed by atoms with van der Waals surface area (Å²) in [6.45, 7) is 2.78. The Hall–Kier alpha value is -1.55. The van der Waals surface area contributed by atoms with Crippen LogP contribution in [-0.4, -0.2) is 43.5 Å². The highest BCUT2D eigenvalue weighted by Crippen LogP contribution is 2.24. The molecule has 0 saturated carbocycles. The molecule has 1 aromatic carbocycles. The van der Waals surface area contributed by atoms with Crippen LogP contribution in [0.5, 0.6) is 0 Å². The maximum absolute atomic E-state index is 12.0. The molecule has 4 nitrogen and oxygen atoms in total. The van der Waals surface area contributed by atoms with E-state index in [0.717, 1.165) is 12.1 Å². The van der Waals surface area contributed by atoms with Gasteiger partial charge in [-0.1, -0.05) is 18.2 Å². The summed E-state index contributed by atoms with van der Waals surface area (Å²) in [5.41, 5.74) is 2.30. The summed E-state index contributed by atoms with van der Waals surface area (Å²) in [5.74, 6) is 0.0832. The highest BCUT2D eigenvalue weighted by molar-refractivity contribution is 5.87. The number of amides is 1. The van der Waals surface area contributed by atoms with Gasteiger partial charge < -0.3 is 15.5 Å². The number of fused-ring (bicyclic) bond motifs is 1. The van der Waals surface area contributed by atoms with Crippen molar-refractivity contribution in [2.45, 2.75) is 25.4 Å². The van der Waals surface area contributed by atoms with Gasteiger partial charge in [-0.3, -0.25) is 4.79 Å². The number of carbonyl (C=O) groups excluding carboxylic acids is 1. The first-order chi connectivity index (χ1) is 8.58. The van der Waals surface area contributed by atoms with Gasteiger partial charge in [0.15, 0.2) is 0 Å². The number of hydrogen-bond donors (Lipinski definition) is 2. The number of anilines is 1. The van der Waals surface area contributed by atoms with Crippen LogP contribution in [0.1, 0.15) is 12.5 Å². The predicted molar refractivity (Wildman–Crippen MR) is 73.7 cm³/mol. The van der Waals surface area contributed by atoms with Crippen molar-refractivity contribution in [3.05, 3.63) is 29.8 Å². The maximum atomic E-state index is 12.0. The van der Waals surface area contributed by atoms with E-state index in [0.29, 0.717) is 12.6 Å². The first kappa shape index (κ1) is 12.9.